The van der Waals surface area contributed by atoms with Crippen LogP contribution in [0.15, 0.2) is 0 Å². The Morgan fingerprint density at radius 3 is 2.43 bits per heavy atom. The predicted molar refractivity (Wildman–Crippen MR) is 56.0 cm³/mol. The van der Waals surface area contributed by atoms with Crippen molar-refractivity contribution in [1.29, 1.82) is 0 Å². The van der Waals surface area contributed by atoms with Gasteiger partial charge in [-0.15, -0.1) is 0 Å². The summed E-state index contributed by atoms with van der Waals surface area (Å²) in [6, 6.07) is 0. The van der Waals surface area contributed by atoms with Crippen LogP contribution >= 0.6 is 0 Å². The molecule has 1 aliphatic rings. The summed E-state index contributed by atoms with van der Waals surface area (Å²) in [6.45, 7) is 10.4. The lowest BCUT2D eigenvalue weighted by atomic mass is 9.86. The molecule has 3 heteroatoms. The van der Waals surface area contributed by atoms with E-state index in [1.54, 1.807) is 0 Å². The molecule has 0 bridgehead atoms. The van der Waals surface area contributed by atoms with E-state index in [0.717, 1.165) is 26.2 Å². The second-order valence-corrected chi connectivity index (χ2v) is 5.22. The van der Waals surface area contributed by atoms with Crippen molar-refractivity contribution >= 4 is 5.91 Å². The lowest BCUT2D eigenvalue weighted by molar-refractivity contribution is -0.134. The molecule has 0 saturated carbocycles. The number of carbonyl (C=O) groups is 1. The van der Waals surface area contributed by atoms with Crippen molar-refractivity contribution in [2.75, 3.05) is 19.8 Å². The van der Waals surface area contributed by atoms with Crippen molar-refractivity contribution in [3.63, 3.8) is 0 Å². The van der Waals surface area contributed by atoms with Crippen LogP contribution in [0.25, 0.3) is 0 Å². The fourth-order valence-electron chi connectivity index (χ4n) is 1.25. The molecule has 0 unspecified atom stereocenters. The van der Waals surface area contributed by atoms with Crippen LogP contribution in [0.5, 0.6) is 0 Å². The highest BCUT2D eigenvalue weighted by Crippen LogP contribution is 2.26. The van der Waals surface area contributed by atoms with Crippen molar-refractivity contribution in [2.24, 2.45) is 10.8 Å². The van der Waals surface area contributed by atoms with Crippen molar-refractivity contribution < 1.29 is 9.53 Å². The van der Waals surface area contributed by atoms with Gasteiger partial charge in [0.15, 0.2) is 0 Å². The first-order chi connectivity index (χ1) is 6.40. The first kappa shape index (κ1) is 11.5. The monoisotopic (exact) mass is 199 g/mol. The summed E-state index contributed by atoms with van der Waals surface area (Å²) in [5.41, 5.74) is -0.0829. The zero-order valence-corrected chi connectivity index (χ0v) is 9.64. The lowest BCUT2D eigenvalue weighted by Crippen LogP contribution is -2.50. The molecule has 1 saturated heterocycles. The summed E-state index contributed by atoms with van der Waals surface area (Å²) in [4.78, 5) is 11.7. The first-order valence-electron chi connectivity index (χ1n) is 5.26. The Morgan fingerprint density at radius 1 is 1.50 bits per heavy atom. The third-order valence-electron chi connectivity index (χ3n) is 3.08. The number of amides is 1. The van der Waals surface area contributed by atoms with Crippen molar-refractivity contribution in [3.8, 4) is 0 Å². The number of rotatable bonds is 4. The van der Waals surface area contributed by atoms with Gasteiger partial charge in [-0.2, -0.15) is 0 Å². The standard InChI is InChI=1S/C11H21NO2/c1-5-10(2,3)9(13)12-6-11(4)7-14-8-11/h5-8H2,1-4H3,(H,12,13). The SMILES string of the molecule is CCC(C)(C)C(=O)NCC1(C)COC1. The smallest absolute Gasteiger partial charge is 0.225 e. The van der Waals surface area contributed by atoms with Crippen molar-refractivity contribution in [3.05, 3.63) is 0 Å². The summed E-state index contributed by atoms with van der Waals surface area (Å²) < 4.78 is 5.13. The topological polar surface area (TPSA) is 38.3 Å². The molecule has 0 spiro atoms. The first-order valence-corrected chi connectivity index (χ1v) is 5.26. The Bertz CT molecular complexity index is 219. The third-order valence-corrected chi connectivity index (χ3v) is 3.08. The number of carbonyl (C=O) groups excluding carboxylic acids is 1. The molecule has 1 aliphatic heterocycles. The number of hydrogen-bond acceptors (Lipinski definition) is 2. The van der Waals surface area contributed by atoms with Gasteiger partial charge in [-0.3, -0.25) is 4.79 Å². The molecule has 1 fully saturated rings. The molecule has 1 amide bonds. The fraction of sp³-hybridized carbons (Fsp3) is 0.909. The molecule has 0 aromatic heterocycles. The Hall–Kier alpha value is -0.570. The lowest BCUT2D eigenvalue weighted by Gasteiger charge is -2.38. The van der Waals surface area contributed by atoms with E-state index in [-0.39, 0.29) is 16.7 Å². The summed E-state index contributed by atoms with van der Waals surface area (Å²) in [5.74, 6) is 0.146. The van der Waals surface area contributed by atoms with Gasteiger partial charge in [0.2, 0.25) is 5.91 Å². The quantitative estimate of drug-likeness (QED) is 0.746. The van der Waals surface area contributed by atoms with Gasteiger partial charge in [0.05, 0.1) is 13.2 Å². The summed E-state index contributed by atoms with van der Waals surface area (Å²) >= 11 is 0. The zero-order chi connectivity index (χ0) is 10.8. The molecule has 3 nitrogen and oxygen atoms in total. The van der Waals surface area contributed by atoms with Crippen LogP contribution in [0.3, 0.4) is 0 Å². The maximum absolute atomic E-state index is 11.7. The maximum Gasteiger partial charge on any atom is 0.225 e. The van der Waals surface area contributed by atoms with Crippen LogP contribution in [0.4, 0.5) is 0 Å². The molecule has 14 heavy (non-hydrogen) atoms. The Balaban J connectivity index is 2.34. The van der Waals surface area contributed by atoms with E-state index in [4.69, 9.17) is 4.74 Å². The van der Waals surface area contributed by atoms with Crippen LogP contribution < -0.4 is 5.32 Å². The number of hydrogen-bond donors (Lipinski definition) is 1. The second kappa shape index (κ2) is 3.89. The predicted octanol–water partition coefficient (Wildman–Crippen LogP) is 1.58. The van der Waals surface area contributed by atoms with Gasteiger partial charge < -0.3 is 10.1 Å². The minimum absolute atomic E-state index is 0.146. The van der Waals surface area contributed by atoms with Crippen LogP contribution in [0, 0.1) is 10.8 Å². The van der Waals surface area contributed by atoms with Gasteiger partial charge in [0.1, 0.15) is 0 Å². The molecule has 0 atom stereocenters. The molecular formula is C11H21NO2. The number of nitrogens with one attached hydrogen (secondary N) is 1. The van der Waals surface area contributed by atoms with E-state index in [1.807, 2.05) is 20.8 Å². The van der Waals surface area contributed by atoms with Crippen molar-refractivity contribution in [1.82, 2.24) is 5.32 Å². The average Bonchev–Trinajstić information content (AvgIpc) is 2.11. The minimum Gasteiger partial charge on any atom is -0.380 e. The summed E-state index contributed by atoms with van der Waals surface area (Å²) in [6.07, 6.45) is 0.867. The minimum atomic E-state index is -0.249. The van der Waals surface area contributed by atoms with Crippen LogP contribution in [0.2, 0.25) is 0 Å². The highest BCUT2D eigenvalue weighted by atomic mass is 16.5. The molecule has 1 N–H and O–H groups in total. The highest BCUT2D eigenvalue weighted by Gasteiger charge is 2.35. The molecule has 82 valence electrons. The van der Waals surface area contributed by atoms with Crippen LogP contribution in [0.1, 0.15) is 34.1 Å². The van der Waals surface area contributed by atoms with E-state index >= 15 is 0 Å². The molecule has 0 radical (unpaired) electrons. The van der Waals surface area contributed by atoms with Gasteiger partial charge >= 0.3 is 0 Å². The zero-order valence-electron chi connectivity index (χ0n) is 9.64. The summed E-state index contributed by atoms with van der Waals surface area (Å²) in [7, 11) is 0. The third kappa shape index (κ3) is 2.47. The maximum atomic E-state index is 11.7. The number of ether oxygens (including phenoxy) is 1. The molecule has 1 heterocycles. The van der Waals surface area contributed by atoms with Gasteiger partial charge in [0, 0.05) is 17.4 Å². The van der Waals surface area contributed by atoms with E-state index in [1.165, 1.54) is 0 Å². The molecule has 0 aromatic rings. The second-order valence-electron chi connectivity index (χ2n) is 5.22. The van der Waals surface area contributed by atoms with Gasteiger partial charge in [-0.05, 0) is 6.42 Å². The average molecular weight is 199 g/mol. The van der Waals surface area contributed by atoms with Gasteiger partial charge in [0.25, 0.3) is 0 Å². The molecule has 0 aliphatic carbocycles. The van der Waals surface area contributed by atoms with Gasteiger partial charge in [-0.1, -0.05) is 27.7 Å². The van der Waals surface area contributed by atoms with E-state index in [2.05, 4.69) is 12.2 Å². The van der Waals surface area contributed by atoms with Crippen molar-refractivity contribution in [2.45, 2.75) is 34.1 Å². The van der Waals surface area contributed by atoms with Crippen LogP contribution in [-0.4, -0.2) is 25.7 Å². The highest BCUT2D eigenvalue weighted by molar-refractivity contribution is 5.81. The normalized spacial score (nSPS) is 20.0. The van der Waals surface area contributed by atoms with E-state index < -0.39 is 0 Å². The molecule has 0 aromatic carbocycles. The van der Waals surface area contributed by atoms with E-state index in [9.17, 15) is 4.79 Å². The Morgan fingerprint density at radius 2 is 2.07 bits per heavy atom. The molecule has 1 rings (SSSR count). The fourth-order valence-corrected chi connectivity index (χ4v) is 1.25. The summed E-state index contributed by atoms with van der Waals surface area (Å²) in [5, 5.41) is 3.00. The van der Waals surface area contributed by atoms with Crippen LogP contribution in [-0.2, 0) is 9.53 Å². The van der Waals surface area contributed by atoms with Gasteiger partial charge in [-0.25, -0.2) is 0 Å². The Kier molecular flexibility index (Phi) is 3.20. The Labute approximate surface area is 86.2 Å². The largest absolute Gasteiger partial charge is 0.380 e. The van der Waals surface area contributed by atoms with E-state index in [0.29, 0.717) is 0 Å². The molecular weight excluding hydrogens is 178 g/mol.